The Balaban J connectivity index is 2.59. The highest BCUT2D eigenvalue weighted by molar-refractivity contribution is 5.89. The summed E-state index contributed by atoms with van der Waals surface area (Å²) in [6, 6.07) is 7.72. The summed E-state index contributed by atoms with van der Waals surface area (Å²) >= 11 is 0. The smallest absolute Gasteiger partial charge is 0.221 e. The predicted octanol–water partition coefficient (Wildman–Crippen LogP) is 1.26. The molecule has 1 heterocycles. The van der Waals surface area contributed by atoms with Crippen LogP contribution in [0.15, 0.2) is 36.7 Å². The molecule has 0 saturated carbocycles. The molecule has 70 valence electrons. The van der Waals surface area contributed by atoms with E-state index in [4.69, 9.17) is 5.73 Å². The summed E-state index contributed by atoms with van der Waals surface area (Å²) in [6.07, 6.45) is 3.76. The molecule has 0 spiro atoms. The van der Waals surface area contributed by atoms with Crippen LogP contribution in [-0.4, -0.2) is 10.9 Å². The summed E-state index contributed by atoms with van der Waals surface area (Å²) in [5, 5.41) is 2.08. The number of hydrogen-bond acceptors (Lipinski definition) is 2. The van der Waals surface area contributed by atoms with Gasteiger partial charge in [0.2, 0.25) is 5.91 Å². The van der Waals surface area contributed by atoms with Crippen molar-refractivity contribution < 1.29 is 4.79 Å². The predicted molar refractivity (Wildman–Crippen MR) is 54.6 cm³/mol. The molecule has 2 N–H and O–H groups in total. The second-order valence-corrected chi connectivity index (χ2v) is 3.16. The third kappa shape index (κ3) is 1.57. The van der Waals surface area contributed by atoms with Crippen molar-refractivity contribution in [2.24, 2.45) is 5.73 Å². The minimum atomic E-state index is -0.318. The molecule has 0 aliphatic rings. The zero-order valence-corrected chi connectivity index (χ0v) is 7.60. The normalized spacial score (nSPS) is 10.3. The molecule has 3 nitrogen and oxygen atoms in total. The van der Waals surface area contributed by atoms with Crippen LogP contribution in [0.2, 0.25) is 0 Å². The maximum atomic E-state index is 10.8. The lowest BCUT2D eigenvalue weighted by Crippen LogP contribution is -2.13. The van der Waals surface area contributed by atoms with Crippen LogP contribution >= 0.6 is 0 Å². The van der Waals surface area contributed by atoms with Gasteiger partial charge in [-0.05, 0) is 17.0 Å². The number of nitrogens with two attached hydrogens (primary N) is 1. The van der Waals surface area contributed by atoms with E-state index in [-0.39, 0.29) is 12.3 Å². The van der Waals surface area contributed by atoms with E-state index in [1.165, 1.54) is 0 Å². The van der Waals surface area contributed by atoms with Gasteiger partial charge < -0.3 is 5.73 Å². The molecule has 2 aromatic rings. The van der Waals surface area contributed by atoms with Gasteiger partial charge >= 0.3 is 0 Å². The largest absolute Gasteiger partial charge is 0.369 e. The molecule has 0 aliphatic carbocycles. The molecule has 0 atom stereocenters. The van der Waals surface area contributed by atoms with Crippen molar-refractivity contribution in [2.45, 2.75) is 6.42 Å². The molecule has 0 unspecified atom stereocenters. The van der Waals surface area contributed by atoms with Gasteiger partial charge in [-0.1, -0.05) is 18.2 Å². The summed E-state index contributed by atoms with van der Waals surface area (Å²) in [5.41, 5.74) is 6.09. The Morgan fingerprint density at radius 2 is 2.21 bits per heavy atom. The zero-order valence-electron chi connectivity index (χ0n) is 7.60. The van der Waals surface area contributed by atoms with Gasteiger partial charge in [-0.3, -0.25) is 9.78 Å². The molecule has 0 saturated heterocycles. The average Bonchev–Trinajstić information content (AvgIpc) is 2.18. The van der Waals surface area contributed by atoms with Gasteiger partial charge in [0.25, 0.3) is 0 Å². The lowest BCUT2D eigenvalue weighted by Gasteiger charge is -2.02. The number of pyridine rings is 1. The Bertz CT molecular complexity index is 474. The highest BCUT2D eigenvalue weighted by Crippen LogP contribution is 2.17. The van der Waals surface area contributed by atoms with Gasteiger partial charge in [0.15, 0.2) is 0 Å². The molecular weight excluding hydrogens is 176 g/mol. The van der Waals surface area contributed by atoms with Crippen molar-refractivity contribution in [3.05, 3.63) is 42.2 Å². The standard InChI is InChI=1S/C11H10N2O/c12-11(14)6-9-3-1-2-8-4-5-13-7-10(8)9/h1-5,7H,6H2,(H2,12,14). The average molecular weight is 186 g/mol. The van der Waals surface area contributed by atoms with E-state index in [2.05, 4.69) is 4.98 Å². The van der Waals surface area contributed by atoms with E-state index in [0.717, 1.165) is 16.3 Å². The van der Waals surface area contributed by atoms with Crippen LogP contribution in [0.5, 0.6) is 0 Å². The number of amides is 1. The number of primary amides is 1. The van der Waals surface area contributed by atoms with Crippen LogP contribution in [0.3, 0.4) is 0 Å². The van der Waals surface area contributed by atoms with Gasteiger partial charge in [0, 0.05) is 17.8 Å². The van der Waals surface area contributed by atoms with Crippen LogP contribution in [0.4, 0.5) is 0 Å². The lowest BCUT2D eigenvalue weighted by molar-refractivity contribution is -0.117. The van der Waals surface area contributed by atoms with Crippen LogP contribution in [0, 0.1) is 0 Å². The molecular formula is C11H10N2O. The first-order valence-corrected chi connectivity index (χ1v) is 4.37. The summed E-state index contributed by atoms with van der Waals surface area (Å²) < 4.78 is 0. The Kier molecular flexibility index (Phi) is 2.14. The molecule has 0 aliphatic heterocycles. The lowest BCUT2D eigenvalue weighted by atomic mass is 10.0. The Morgan fingerprint density at radius 3 is 3.00 bits per heavy atom. The third-order valence-electron chi connectivity index (χ3n) is 2.14. The number of carbonyl (C=O) groups is 1. The van der Waals surface area contributed by atoms with Gasteiger partial charge in [0.05, 0.1) is 6.42 Å². The zero-order chi connectivity index (χ0) is 9.97. The first-order valence-electron chi connectivity index (χ1n) is 4.37. The van der Waals surface area contributed by atoms with Crippen LogP contribution < -0.4 is 5.73 Å². The number of hydrogen-bond donors (Lipinski definition) is 1. The van der Waals surface area contributed by atoms with E-state index < -0.39 is 0 Å². The van der Waals surface area contributed by atoms with E-state index >= 15 is 0 Å². The molecule has 0 fully saturated rings. The monoisotopic (exact) mass is 186 g/mol. The SMILES string of the molecule is NC(=O)Cc1cccc2ccncc12. The van der Waals surface area contributed by atoms with Crippen molar-refractivity contribution in [3.63, 3.8) is 0 Å². The number of benzene rings is 1. The van der Waals surface area contributed by atoms with Crippen LogP contribution in [-0.2, 0) is 11.2 Å². The molecule has 2 rings (SSSR count). The fourth-order valence-corrected chi connectivity index (χ4v) is 1.52. The minimum absolute atomic E-state index is 0.267. The van der Waals surface area contributed by atoms with Crippen molar-refractivity contribution in [1.29, 1.82) is 0 Å². The van der Waals surface area contributed by atoms with Gasteiger partial charge in [-0.2, -0.15) is 0 Å². The quantitative estimate of drug-likeness (QED) is 0.767. The molecule has 3 heteroatoms. The maximum Gasteiger partial charge on any atom is 0.221 e. The van der Waals surface area contributed by atoms with Crippen LogP contribution in [0.25, 0.3) is 10.8 Å². The van der Waals surface area contributed by atoms with E-state index in [1.807, 2.05) is 24.3 Å². The summed E-state index contributed by atoms with van der Waals surface area (Å²) in [7, 11) is 0. The van der Waals surface area contributed by atoms with Crippen molar-refractivity contribution in [3.8, 4) is 0 Å². The first-order chi connectivity index (χ1) is 6.77. The highest BCUT2D eigenvalue weighted by atomic mass is 16.1. The highest BCUT2D eigenvalue weighted by Gasteiger charge is 2.02. The summed E-state index contributed by atoms with van der Waals surface area (Å²) in [4.78, 5) is 14.8. The summed E-state index contributed by atoms with van der Waals surface area (Å²) in [5.74, 6) is -0.318. The number of fused-ring (bicyclic) bond motifs is 1. The van der Waals surface area contributed by atoms with Gasteiger partial charge in [-0.15, -0.1) is 0 Å². The van der Waals surface area contributed by atoms with E-state index in [9.17, 15) is 4.79 Å². The molecule has 1 aromatic carbocycles. The second kappa shape index (κ2) is 3.46. The minimum Gasteiger partial charge on any atom is -0.369 e. The molecule has 0 radical (unpaired) electrons. The van der Waals surface area contributed by atoms with Gasteiger partial charge in [-0.25, -0.2) is 0 Å². The Labute approximate surface area is 81.6 Å². The number of aromatic nitrogens is 1. The summed E-state index contributed by atoms with van der Waals surface area (Å²) in [6.45, 7) is 0. The third-order valence-corrected chi connectivity index (χ3v) is 2.14. The Hall–Kier alpha value is -1.90. The fraction of sp³-hybridized carbons (Fsp3) is 0.0909. The molecule has 1 aromatic heterocycles. The van der Waals surface area contributed by atoms with Crippen molar-refractivity contribution in [1.82, 2.24) is 4.98 Å². The Morgan fingerprint density at radius 1 is 1.36 bits per heavy atom. The molecule has 14 heavy (non-hydrogen) atoms. The van der Waals surface area contributed by atoms with E-state index in [1.54, 1.807) is 12.4 Å². The fourth-order valence-electron chi connectivity index (χ4n) is 1.52. The first kappa shape index (κ1) is 8.69. The van der Waals surface area contributed by atoms with Crippen molar-refractivity contribution >= 4 is 16.7 Å². The van der Waals surface area contributed by atoms with Crippen molar-refractivity contribution in [2.75, 3.05) is 0 Å². The molecule has 1 amide bonds. The van der Waals surface area contributed by atoms with Crippen LogP contribution in [0.1, 0.15) is 5.56 Å². The number of nitrogens with zero attached hydrogens (tertiary/aromatic N) is 1. The second-order valence-electron chi connectivity index (χ2n) is 3.16. The molecule has 0 bridgehead atoms. The number of rotatable bonds is 2. The van der Waals surface area contributed by atoms with Gasteiger partial charge in [0.1, 0.15) is 0 Å². The maximum absolute atomic E-state index is 10.8. The van der Waals surface area contributed by atoms with E-state index in [0.29, 0.717) is 0 Å². The number of carbonyl (C=O) groups excluding carboxylic acids is 1. The topological polar surface area (TPSA) is 56.0 Å².